The minimum atomic E-state index is -0.660. The Morgan fingerprint density at radius 3 is 2.13 bits per heavy atom. The second-order valence-electron chi connectivity index (χ2n) is 6.97. The van der Waals surface area contributed by atoms with Crippen molar-refractivity contribution in [3.63, 3.8) is 0 Å². The number of anilines is 1. The molecule has 0 aromatic heterocycles. The SMILES string of the molecule is CC[C@@H](Oc1ccccc1)C(=O)Nc1ccccc1C(=O)N[C@@H](C)c1ccccc1. The van der Waals surface area contributed by atoms with Crippen molar-refractivity contribution >= 4 is 17.5 Å². The van der Waals surface area contributed by atoms with Gasteiger partial charge in [0.2, 0.25) is 0 Å². The number of hydrogen-bond donors (Lipinski definition) is 2. The second kappa shape index (κ2) is 10.3. The molecule has 2 amide bonds. The molecule has 0 spiro atoms. The molecule has 0 fully saturated rings. The lowest BCUT2D eigenvalue weighted by Crippen LogP contribution is -2.33. The van der Waals surface area contributed by atoms with E-state index in [1.807, 2.05) is 74.5 Å². The molecule has 2 N–H and O–H groups in total. The summed E-state index contributed by atoms with van der Waals surface area (Å²) >= 11 is 0. The van der Waals surface area contributed by atoms with Crippen molar-refractivity contribution in [1.82, 2.24) is 5.32 Å². The van der Waals surface area contributed by atoms with Crippen LogP contribution in [0.4, 0.5) is 5.69 Å². The first-order valence-electron chi connectivity index (χ1n) is 10.1. The number of ether oxygens (including phenoxy) is 1. The molecule has 3 aromatic carbocycles. The third-order valence-electron chi connectivity index (χ3n) is 4.76. The Morgan fingerprint density at radius 2 is 1.47 bits per heavy atom. The number of para-hydroxylation sites is 2. The molecule has 154 valence electrons. The van der Waals surface area contributed by atoms with Gasteiger partial charge in [-0.1, -0.05) is 67.6 Å². The third kappa shape index (κ3) is 5.47. The Hall–Kier alpha value is -3.60. The Morgan fingerprint density at radius 1 is 0.867 bits per heavy atom. The van der Waals surface area contributed by atoms with Gasteiger partial charge in [-0.3, -0.25) is 9.59 Å². The fourth-order valence-electron chi connectivity index (χ4n) is 3.09. The number of carbonyl (C=O) groups excluding carboxylic acids is 2. The van der Waals surface area contributed by atoms with Gasteiger partial charge in [-0.05, 0) is 43.2 Å². The number of carbonyl (C=O) groups is 2. The fraction of sp³-hybridized carbons (Fsp3) is 0.200. The minimum absolute atomic E-state index is 0.160. The highest BCUT2D eigenvalue weighted by atomic mass is 16.5. The van der Waals surface area contributed by atoms with Gasteiger partial charge in [0.1, 0.15) is 5.75 Å². The van der Waals surface area contributed by atoms with Crippen LogP contribution < -0.4 is 15.4 Å². The third-order valence-corrected chi connectivity index (χ3v) is 4.76. The molecule has 0 saturated heterocycles. The van der Waals surface area contributed by atoms with Gasteiger partial charge in [0, 0.05) is 0 Å². The summed E-state index contributed by atoms with van der Waals surface area (Å²) in [5, 5.41) is 5.84. The monoisotopic (exact) mass is 402 g/mol. The summed E-state index contributed by atoms with van der Waals surface area (Å²) in [4.78, 5) is 25.7. The molecule has 0 aliphatic rings. The number of hydrogen-bond acceptors (Lipinski definition) is 3. The van der Waals surface area contributed by atoms with Crippen molar-refractivity contribution < 1.29 is 14.3 Å². The van der Waals surface area contributed by atoms with Crippen LogP contribution in [0.5, 0.6) is 5.75 Å². The smallest absolute Gasteiger partial charge is 0.265 e. The summed E-state index contributed by atoms with van der Waals surface area (Å²) in [6.45, 7) is 3.81. The molecule has 3 rings (SSSR count). The number of benzene rings is 3. The van der Waals surface area contributed by atoms with Crippen molar-refractivity contribution in [3.05, 3.63) is 96.1 Å². The zero-order valence-electron chi connectivity index (χ0n) is 17.2. The van der Waals surface area contributed by atoms with Crippen LogP contribution in [-0.4, -0.2) is 17.9 Å². The summed E-state index contributed by atoms with van der Waals surface area (Å²) < 4.78 is 5.81. The summed E-state index contributed by atoms with van der Waals surface area (Å²) in [6.07, 6.45) is -0.160. The number of amides is 2. The van der Waals surface area contributed by atoms with Crippen LogP contribution in [0.1, 0.15) is 42.2 Å². The predicted molar refractivity (Wildman–Crippen MR) is 119 cm³/mol. The zero-order chi connectivity index (χ0) is 21.3. The van der Waals surface area contributed by atoms with E-state index in [1.165, 1.54) is 0 Å². The van der Waals surface area contributed by atoms with E-state index in [0.29, 0.717) is 23.4 Å². The molecular weight excluding hydrogens is 376 g/mol. The van der Waals surface area contributed by atoms with Gasteiger partial charge in [0.15, 0.2) is 6.10 Å². The van der Waals surface area contributed by atoms with Crippen LogP contribution in [0, 0.1) is 0 Å². The largest absolute Gasteiger partial charge is 0.481 e. The van der Waals surface area contributed by atoms with Gasteiger partial charge >= 0.3 is 0 Å². The maximum absolute atomic E-state index is 12.9. The van der Waals surface area contributed by atoms with Gasteiger partial charge in [-0.2, -0.15) is 0 Å². The molecule has 0 heterocycles. The van der Waals surface area contributed by atoms with Crippen molar-refractivity contribution in [3.8, 4) is 5.75 Å². The van der Waals surface area contributed by atoms with Crippen LogP contribution in [0.2, 0.25) is 0 Å². The molecule has 0 radical (unpaired) electrons. The Kier molecular flexibility index (Phi) is 7.22. The lowest BCUT2D eigenvalue weighted by molar-refractivity contribution is -0.122. The second-order valence-corrected chi connectivity index (χ2v) is 6.97. The molecule has 5 heteroatoms. The summed E-state index contributed by atoms with van der Waals surface area (Å²) in [6, 6.07) is 25.8. The van der Waals surface area contributed by atoms with E-state index in [0.717, 1.165) is 5.56 Å². The van der Waals surface area contributed by atoms with Crippen LogP contribution >= 0.6 is 0 Å². The van der Waals surface area contributed by atoms with Crippen molar-refractivity contribution in [2.75, 3.05) is 5.32 Å². The van der Waals surface area contributed by atoms with E-state index in [9.17, 15) is 9.59 Å². The Labute approximate surface area is 177 Å². The van der Waals surface area contributed by atoms with Crippen molar-refractivity contribution in [2.24, 2.45) is 0 Å². The van der Waals surface area contributed by atoms with E-state index in [4.69, 9.17) is 4.74 Å². The number of nitrogens with one attached hydrogen (secondary N) is 2. The van der Waals surface area contributed by atoms with Gasteiger partial charge < -0.3 is 15.4 Å². The van der Waals surface area contributed by atoms with Crippen molar-refractivity contribution in [1.29, 1.82) is 0 Å². The highest BCUT2D eigenvalue weighted by Crippen LogP contribution is 2.20. The van der Waals surface area contributed by atoms with Crippen LogP contribution in [0.15, 0.2) is 84.9 Å². The van der Waals surface area contributed by atoms with Crippen LogP contribution in [0.3, 0.4) is 0 Å². The van der Waals surface area contributed by atoms with E-state index >= 15 is 0 Å². The van der Waals surface area contributed by atoms with Gasteiger partial charge in [0.05, 0.1) is 17.3 Å². The van der Waals surface area contributed by atoms with Gasteiger partial charge in [-0.15, -0.1) is 0 Å². The van der Waals surface area contributed by atoms with Gasteiger partial charge in [-0.25, -0.2) is 0 Å². The first kappa shape index (κ1) is 21.1. The lowest BCUT2D eigenvalue weighted by Gasteiger charge is -2.19. The predicted octanol–water partition coefficient (Wildman–Crippen LogP) is 4.97. The summed E-state index contributed by atoms with van der Waals surface area (Å²) in [5.74, 6) is 0.0826. The maximum Gasteiger partial charge on any atom is 0.265 e. The van der Waals surface area contributed by atoms with Crippen LogP contribution in [-0.2, 0) is 4.79 Å². The quantitative estimate of drug-likeness (QED) is 0.559. The highest BCUT2D eigenvalue weighted by Gasteiger charge is 2.21. The molecule has 0 aliphatic carbocycles. The Bertz CT molecular complexity index is 974. The van der Waals surface area contributed by atoms with Gasteiger partial charge in [0.25, 0.3) is 11.8 Å². The molecule has 3 aromatic rings. The molecule has 5 nitrogen and oxygen atoms in total. The van der Waals surface area contributed by atoms with Crippen molar-refractivity contribution in [2.45, 2.75) is 32.4 Å². The normalized spacial score (nSPS) is 12.5. The lowest BCUT2D eigenvalue weighted by atomic mass is 10.1. The van der Waals surface area contributed by atoms with E-state index in [1.54, 1.807) is 24.3 Å². The first-order chi connectivity index (χ1) is 14.6. The van der Waals surface area contributed by atoms with E-state index in [2.05, 4.69) is 10.6 Å². The van der Waals surface area contributed by atoms with Crippen LogP contribution in [0.25, 0.3) is 0 Å². The van der Waals surface area contributed by atoms with E-state index < -0.39 is 6.10 Å². The molecule has 2 atom stereocenters. The highest BCUT2D eigenvalue weighted by molar-refractivity contribution is 6.04. The topological polar surface area (TPSA) is 67.4 Å². The number of rotatable bonds is 8. The molecule has 0 aliphatic heterocycles. The molecule has 30 heavy (non-hydrogen) atoms. The minimum Gasteiger partial charge on any atom is -0.481 e. The molecule has 0 unspecified atom stereocenters. The average molecular weight is 402 g/mol. The fourth-order valence-corrected chi connectivity index (χ4v) is 3.09. The van der Waals surface area contributed by atoms with E-state index in [-0.39, 0.29) is 17.9 Å². The standard InChI is InChI=1S/C25H26N2O3/c1-3-23(30-20-14-8-5-9-15-20)25(29)27-22-17-11-10-16-21(22)24(28)26-18(2)19-12-6-4-7-13-19/h4-18,23H,3H2,1-2H3,(H,26,28)(H,27,29)/t18-,23+/m0/s1. The summed E-state index contributed by atoms with van der Waals surface area (Å²) in [5.41, 5.74) is 1.87. The maximum atomic E-state index is 12.9. The molecule has 0 saturated carbocycles. The first-order valence-corrected chi connectivity index (χ1v) is 10.1. The molecule has 0 bridgehead atoms. The average Bonchev–Trinajstić information content (AvgIpc) is 2.79. The summed E-state index contributed by atoms with van der Waals surface area (Å²) in [7, 11) is 0. The zero-order valence-corrected chi connectivity index (χ0v) is 17.2. The molecular formula is C25H26N2O3. The Balaban J connectivity index is 1.71.